The smallest absolute Gasteiger partial charge is 0.266 e. The fourth-order valence-electron chi connectivity index (χ4n) is 3.62. The number of amides is 2. The highest BCUT2D eigenvalue weighted by Gasteiger charge is 2.30. The number of primary amides is 1. The Hall–Kier alpha value is -3.26. The zero-order valence-electron chi connectivity index (χ0n) is 18.0. The van der Waals surface area contributed by atoms with Gasteiger partial charge in [0.1, 0.15) is 5.75 Å². The van der Waals surface area contributed by atoms with Gasteiger partial charge in [-0.05, 0) is 79.1 Å². The minimum Gasteiger partial charge on any atom is -0.484 e. The molecule has 2 amide bonds. The number of anilines is 1. The molecule has 32 heavy (non-hydrogen) atoms. The Morgan fingerprint density at radius 1 is 1.09 bits per heavy atom. The number of amidine groups is 1. The number of ether oxygens (including phenoxy) is 1. The number of hydrogen-bond donors (Lipinski definition) is 1. The molecular formula is C24H26N4O3S. The van der Waals surface area contributed by atoms with Crippen molar-refractivity contribution in [3.63, 3.8) is 0 Å². The summed E-state index contributed by atoms with van der Waals surface area (Å²) >= 11 is 1.35. The third kappa shape index (κ3) is 5.31. The van der Waals surface area contributed by atoms with Crippen molar-refractivity contribution >= 4 is 46.2 Å². The first kappa shape index (κ1) is 22.0. The van der Waals surface area contributed by atoms with Gasteiger partial charge in [-0.3, -0.25) is 14.5 Å². The first-order chi connectivity index (χ1) is 15.5. The van der Waals surface area contributed by atoms with Crippen LogP contribution in [-0.2, 0) is 9.59 Å². The molecule has 0 saturated carbocycles. The number of piperidine rings is 1. The number of aliphatic imine (C=N–C) groups is 1. The zero-order chi connectivity index (χ0) is 22.5. The summed E-state index contributed by atoms with van der Waals surface area (Å²) in [6.07, 6.45) is 5.61. The van der Waals surface area contributed by atoms with E-state index in [1.54, 1.807) is 24.1 Å². The van der Waals surface area contributed by atoms with Gasteiger partial charge in [0.15, 0.2) is 11.8 Å². The lowest BCUT2D eigenvalue weighted by Crippen LogP contribution is -2.29. The molecule has 0 atom stereocenters. The number of nitrogens with zero attached hydrogens (tertiary/aromatic N) is 3. The summed E-state index contributed by atoms with van der Waals surface area (Å²) in [5.74, 6) is -0.0726. The summed E-state index contributed by atoms with van der Waals surface area (Å²) in [7, 11) is 1.73. The molecule has 2 heterocycles. The monoisotopic (exact) mass is 450 g/mol. The number of hydrogen-bond acceptors (Lipinski definition) is 6. The van der Waals surface area contributed by atoms with Crippen LogP contribution in [0.5, 0.6) is 5.75 Å². The maximum atomic E-state index is 12.7. The molecule has 0 aromatic heterocycles. The number of carbonyl (C=O) groups excluding carboxylic acids is 2. The van der Waals surface area contributed by atoms with Crippen molar-refractivity contribution in [1.82, 2.24) is 4.90 Å². The van der Waals surface area contributed by atoms with Crippen molar-refractivity contribution in [1.29, 1.82) is 0 Å². The van der Waals surface area contributed by atoms with Crippen molar-refractivity contribution in [2.45, 2.75) is 19.3 Å². The van der Waals surface area contributed by atoms with Gasteiger partial charge in [-0.25, -0.2) is 4.99 Å². The van der Waals surface area contributed by atoms with Crippen LogP contribution in [0.2, 0.25) is 0 Å². The maximum absolute atomic E-state index is 12.7. The molecule has 0 bridgehead atoms. The van der Waals surface area contributed by atoms with Crippen LogP contribution in [0, 0.1) is 0 Å². The quantitative estimate of drug-likeness (QED) is 0.677. The van der Waals surface area contributed by atoms with Gasteiger partial charge in [-0.1, -0.05) is 12.1 Å². The Labute approximate surface area is 191 Å². The lowest BCUT2D eigenvalue weighted by Gasteiger charge is -2.28. The Kier molecular flexibility index (Phi) is 6.80. The van der Waals surface area contributed by atoms with Gasteiger partial charge in [0.05, 0.1) is 10.6 Å². The molecule has 7 nitrogen and oxygen atoms in total. The van der Waals surface area contributed by atoms with Gasteiger partial charge in [-0.15, -0.1) is 0 Å². The molecule has 4 rings (SSSR count). The molecular weight excluding hydrogens is 424 g/mol. The van der Waals surface area contributed by atoms with Gasteiger partial charge < -0.3 is 15.4 Å². The van der Waals surface area contributed by atoms with E-state index >= 15 is 0 Å². The van der Waals surface area contributed by atoms with E-state index in [4.69, 9.17) is 10.5 Å². The summed E-state index contributed by atoms with van der Waals surface area (Å²) in [6.45, 7) is 2.04. The van der Waals surface area contributed by atoms with Crippen LogP contribution in [0.25, 0.3) is 6.08 Å². The second-order valence-electron chi connectivity index (χ2n) is 7.76. The summed E-state index contributed by atoms with van der Waals surface area (Å²) < 4.78 is 5.26. The molecule has 2 N–H and O–H groups in total. The average Bonchev–Trinajstić information content (AvgIpc) is 3.07. The third-order valence-corrected chi connectivity index (χ3v) is 6.42. The molecule has 2 aliphatic rings. The number of rotatable bonds is 6. The van der Waals surface area contributed by atoms with E-state index in [0.29, 0.717) is 15.8 Å². The second kappa shape index (κ2) is 9.91. The predicted octanol–water partition coefficient (Wildman–Crippen LogP) is 3.77. The topological polar surface area (TPSA) is 88.2 Å². The van der Waals surface area contributed by atoms with E-state index in [2.05, 4.69) is 22.0 Å². The van der Waals surface area contributed by atoms with Crippen LogP contribution in [-0.4, -0.2) is 48.6 Å². The molecule has 0 aliphatic carbocycles. The maximum Gasteiger partial charge on any atom is 0.266 e. The summed E-state index contributed by atoms with van der Waals surface area (Å²) in [6, 6.07) is 15.3. The number of benzene rings is 2. The summed E-state index contributed by atoms with van der Waals surface area (Å²) in [5, 5.41) is 0.647. The fraction of sp³-hybridized carbons (Fsp3) is 0.292. The zero-order valence-corrected chi connectivity index (χ0v) is 18.8. The van der Waals surface area contributed by atoms with E-state index in [-0.39, 0.29) is 12.5 Å². The van der Waals surface area contributed by atoms with Crippen molar-refractivity contribution in [3.8, 4) is 5.75 Å². The highest BCUT2D eigenvalue weighted by Crippen LogP contribution is 2.34. The lowest BCUT2D eigenvalue weighted by molar-refractivity contribution is -0.121. The van der Waals surface area contributed by atoms with Gasteiger partial charge >= 0.3 is 0 Å². The van der Waals surface area contributed by atoms with Crippen LogP contribution in [0.15, 0.2) is 58.4 Å². The van der Waals surface area contributed by atoms with Crippen molar-refractivity contribution in [3.05, 3.63) is 59.0 Å². The molecule has 8 heteroatoms. The lowest BCUT2D eigenvalue weighted by atomic mass is 10.1. The summed E-state index contributed by atoms with van der Waals surface area (Å²) in [4.78, 5) is 32.8. The standard InChI is InChI=1S/C24H26N4O3S/c1-27-23(30)21(15-17-5-11-20(12-6-17)31-16-22(25)29)32-24(27)26-18-7-9-19(10-8-18)28-13-3-2-4-14-28/h5-12,15H,2-4,13-14,16H2,1H3,(H2,25,29)/b21-15-,26-24?. The van der Waals surface area contributed by atoms with E-state index in [9.17, 15) is 9.59 Å². The molecule has 0 spiro atoms. The number of nitrogens with two attached hydrogens (primary N) is 1. The van der Waals surface area contributed by atoms with Crippen LogP contribution in [0.3, 0.4) is 0 Å². The van der Waals surface area contributed by atoms with Crippen LogP contribution < -0.4 is 15.4 Å². The Morgan fingerprint density at radius 3 is 2.44 bits per heavy atom. The molecule has 0 unspecified atom stereocenters. The van der Waals surface area contributed by atoms with Crippen molar-refractivity contribution < 1.29 is 14.3 Å². The second-order valence-corrected chi connectivity index (χ2v) is 8.77. The van der Waals surface area contributed by atoms with Gasteiger partial charge in [0.25, 0.3) is 11.8 Å². The molecule has 0 radical (unpaired) electrons. The molecule has 2 aromatic carbocycles. The van der Waals surface area contributed by atoms with Gasteiger partial charge in [0.2, 0.25) is 0 Å². The average molecular weight is 451 g/mol. The normalized spacial score (nSPS) is 19.1. The third-order valence-electron chi connectivity index (χ3n) is 5.36. The molecule has 166 valence electrons. The predicted molar refractivity (Wildman–Crippen MR) is 129 cm³/mol. The highest BCUT2D eigenvalue weighted by atomic mass is 32.2. The van der Waals surface area contributed by atoms with E-state index < -0.39 is 5.91 Å². The first-order valence-corrected chi connectivity index (χ1v) is 11.4. The van der Waals surface area contributed by atoms with Gasteiger partial charge in [0, 0.05) is 25.8 Å². The largest absolute Gasteiger partial charge is 0.484 e. The van der Waals surface area contributed by atoms with Crippen LogP contribution >= 0.6 is 11.8 Å². The van der Waals surface area contributed by atoms with Gasteiger partial charge in [-0.2, -0.15) is 0 Å². The highest BCUT2D eigenvalue weighted by molar-refractivity contribution is 8.18. The SMILES string of the molecule is CN1C(=O)/C(=C/c2ccc(OCC(N)=O)cc2)SC1=Nc1ccc(N2CCCCC2)cc1. The van der Waals surface area contributed by atoms with E-state index in [1.165, 1.54) is 36.7 Å². The number of likely N-dealkylation sites (N-methyl/N-ethyl adjacent to an activating group) is 1. The van der Waals surface area contributed by atoms with E-state index in [1.807, 2.05) is 30.3 Å². The van der Waals surface area contributed by atoms with Crippen LogP contribution in [0.1, 0.15) is 24.8 Å². The number of thioether (sulfide) groups is 1. The minimum atomic E-state index is -0.528. The Balaban J connectivity index is 1.45. The molecule has 2 fully saturated rings. The minimum absolute atomic E-state index is 0.0901. The van der Waals surface area contributed by atoms with Crippen LogP contribution in [0.4, 0.5) is 11.4 Å². The fourth-order valence-corrected chi connectivity index (χ4v) is 4.61. The number of carbonyl (C=O) groups is 2. The Morgan fingerprint density at radius 2 is 1.78 bits per heavy atom. The first-order valence-electron chi connectivity index (χ1n) is 10.6. The molecule has 2 aromatic rings. The Bertz CT molecular complexity index is 1040. The molecule has 2 aliphatic heterocycles. The van der Waals surface area contributed by atoms with E-state index in [0.717, 1.165) is 24.3 Å². The molecule has 2 saturated heterocycles. The van der Waals surface area contributed by atoms with Crippen molar-refractivity contribution in [2.75, 3.05) is 31.6 Å². The van der Waals surface area contributed by atoms with Crippen molar-refractivity contribution in [2.24, 2.45) is 10.7 Å². The summed E-state index contributed by atoms with van der Waals surface area (Å²) in [5.41, 5.74) is 7.99.